The summed E-state index contributed by atoms with van der Waals surface area (Å²) in [5, 5.41) is 11.8. The normalized spacial score (nSPS) is 17.8. The lowest BCUT2D eigenvalue weighted by Gasteiger charge is -2.22. The first kappa shape index (κ1) is 20.2. The molecule has 144 valence electrons. The Morgan fingerprint density at radius 3 is 2.38 bits per heavy atom. The van der Waals surface area contributed by atoms with Crippen molar-refractivity contribution in [3.05, 3.63) is 30.1 Å². The number of amides is 1. The van der Waals surface area contributed by atoms with Gasteiger partial charge < -0.3 is 19.9 Å². The van der Waals surface area contributed by atoms with Crippen LogP contribution in [-0.2, 0) is 14.3 Å². The third kappa shape index (κ3) is 6.63. The van der Waals surface area contributed by atoms with Crippen LogP contribution in [0.15, 0.2) is 24.3 Å². The average Bonchev–Trinajstić information content (AvgIpc) is 2.88. The topological polar surface area (TPSA) is 84.9 Å². The van der Waals surface area contributed by atoms with Crippen LogP contribution in [0.25, 0.3) is 0 Å². The number of rotatable bonds is 8. The van der Waals surface area contributed by atoms with Gasteiger partial charge >= 0.3 is 5.97 Å². The molecule has 1 aromatic rings. The zero-order valence-corrected chi connectivity index (χ0v) is 14.9. The van der Waals surface area contributed by atoms with Crippen molar-refractivity contribution >= 4 is 11.9 Å². The Balaban J connectivity index is 1.81. The molecule has 0 saturated heterocycles. The van der Waals surface area contributed by atoms with E-state index < -0.39 is 24.0 Å². The molecule has 26 heavy (non-hydrogen) atoms. The molecule has 2 atom stereocenters. The van der Waals surface area contributed by atoms with Crippen molar-refractivity contribution in [2.24, 2.45) is 0 Å². The molecule has 1 aromatic carbocycles. The number of carboxylic acid groups (broad SMARTS) is 1. The maximum absolute atomic E-state index is 12.9. The Morgan fingerprint density at radius 2 is 1.81 bits per heavy atom. The van der Waals surface area contributed by atoms with Crippen LogP contribution in [0.5, 0.6) is 5.75 Å². The van der Waals surface area contributed by atoms with Gasteiger partial charge in [0, 0.05) is 0 Å². The van der Waals surface area contributed by atoms with E-state index >= 15 is 0 Å². The van der Waals surface area contributed by atoms with E-state index in [2.05, 4.69) is 5.32 Å². The number of ether oxygens (including phenoxy) is 2. The van der Waals surface area contributed by atoms with Gasteiger partial charge in [-0.3, -0.25) is 4.79 Å². The fourth-order valence-corrected chi connectivity index (χ4v) is 2.92. The second-order valence-electron chi connectivity index (χ2n) is 6.54. The van der Waals surface area contributed by atoms with Crippen molar-refractivity contribution in [2.75, 3.05) is 6.54 Å². The first-order valence-electron chi connectivity index (χ1n) is 9.04. The summed E-state index contributed by atoms with van der Waals surface area (Å²) in [5.74, 6) is -1.81. The number of nitrogens with one attached hydrogen (secondary N) is 1. The minimum atomic E-state index is -1.27. The van der Waals surface area contributed by atoms with Crippen LogP contribution in [0.1, 0.15) is 45.4 Å². The molecule has 0 spiro atoms. The highest BCUT2D eigenvalue weighted by Crippen LogP contribution is 2.21. The van der Waals surface area contributed by atoms with Gasteiger partial charge in [-0.05, 0) is 44.0 Å². The summed E-state index contributed by atoms with van der Waals surface area (Å²) in [4.78, 5) is 23.5. The van der Waals surface area contributed by atoms with Gasteiger partial charge in [0.2, 0.25) is 12.0 Å². The summed E-state index contributed by atoms with van der Waals surface area (Å²) in [5.41, 5.74) is 0. The van der Waals surface area contributed by atoms with Crippen LogP contribution in [0.3, 0.4) is 0 Å². The molecule has 0 bridgehead atoms. The molecule has 2 unspecified atom stereocenters. The van der Waals surface area contributed by atoms with E-state index in [1.165, 1.54) is 37.1 Å². The Kier molecular flexibility index (Phi) is 7.84. The van der Waals surface area contributed by atoms with Gasteiger partial charge in [-0.15, -0.1) is 0 Å². The van der Waals surface area contributed by atoms with E-state index in [1.54, 1.807) is 6.92 Å². The lowest BCUT2D eigenvalue weighted by Crippen LogP contribution is -2.44. The molecule has 1 aliphatic rings. The first-order chi connectivity index (χ1) is 12.5. The van der Waals surface area contributed by atoms with Crippen LogP contribution in [0, 0.1) is 5.82 Å². The number of hydrogen-bond acceptors (Lipinski definition) is 4. The maximum Gasteiger partial charge on any atom is 0.346 e. The summed E-state index contributed by atoms with van der Waals surface area (Å²) < 4.78 is 24.0. The molecule has 6 nitrogen and oxygen atoms in total. The molecule has 1 amide bonds. The van der Waals surface area contributed by atoms with Gasteiger partial charge in [0.15, 0.2) is 0 Å². The van der Waals surface area contributed by atoms with Crippen LogP contribution in [0.4, 0.5) is 4.39 Å². The van der Waals surface area contributed by atoms with Crippen LogP contribution >= 0.6 is 0 Å². The molecule has 0 heterocycles. The lowest BCUT2D eigenvalue weighted by molar-refractivity contribution is -0.145. The fraction of sp³-hybridized carbons (Fsp3) is 0.579. The third-order valence-corrected chi connectivity index (χ3v) is 4.40. The van der Waals surface area contributed by atoms with Gasteiger partial charge in [0.1, 0.15) is 17.7 Å². The molecule has 7 heteroatoms. The number of hydrogen-bond donors (Lipinski definition) is 2. The Hall–Kier alpha value is -2.15. The molecular weight excluding hydrogens is 341 g/mol. The summed E-state index contributed by atoms with van der Waals surface area (Å²) in [6.45, 7) is 1.46. The highest BCUT2D eigenvalue weighted by Gasteiger charge is 2.24. The predicted octanol–water partition coefficient (Wildman–Crippen LogP) is 2.90. The quantitative estimate of drug-likeness (QED) is 0.690. The van der Waals surface area contributed by atoms with Crippen molar-refractivity contribution in [2.45, 2.75) is 63.8 Å². The average molecular weight is 367 g/mol. The number of carbonyl (C=O) groups excluding carboxylic acids is 1. The van der Waals surface area contributed by atoms with Gasteiger partial charge in [0.05, 0.1) is 12.6 Å². The smallest absolute Gasteiger partial charge is 0.346 e. The van der Waals surface area contributed by atoms with Gasteiger partial charge in [-0.1, -0.05) is 25.7 Å². The minimum absolute atomic E-state index is 0.0731. The lowest BCUT2D eigenvalue weighted by atomic mass is 10.1. The monoisotopic (exact) mass is 367 g/mol. The number of carbonyl (C=O) groups is 2. The minimum Gasteiger partial charge on any atom is -0.478 e. The van der Waals surface area contributed by atoms with Gasteiger partial charge in [-0.2, -0.15) is 0 Å². The number of carboxylic acids is 1. The van der Waals surface area contributed by atoms with Crippen molar-refractivity contribution in [3.8, 4) is 5.75 Å². The molecular formula is C19H26FNO5. The second-order valence-corrected chi connectivity index (χ2v) is 6.54. The molecule has 0 aliphatic heterocycles. The Morgan fingerprint density at radius 1 is 1.19 bits per heavy atom. The van der Waals surface area contributed by atoms with Crippen molar-refractivity contribution in [1.82, 2.24) is 5.32 Å². The zero-order chi connectivity index (χ0) is 18.9. The molecule has 2 N–H and O–H groups in total. The largest absolute Gasteiger partial charge is 0.478 e. The predicted molar refractivity (Wildman–Crippen MR) is 93.5 cm³/mol. The molecule has 1 aliphatic carbocycles. The summed E-state index contributed by atoms with van der Waals surface area (Å²) in [6, 6.07) is 5.03. The van der Waals surface area contributed by atoms with Crippen molar-refractivity contribution in [3.63, 3.8) is 0 Å². The SMILES string of the molecule is CC(OC1CCCCCC1)C(=O)NCC(Oc1ccc(F)cc1)C(=O)O. The maximum atomic E-state index is 12.9. The van der Waals surface area contributed by atoms with E-state index in [0.717, 1.165) is 25.7 Å². The summed E-state index contributed by atoms with van der Waals surface area (Å²) in [7, 11) is 0. The van der Waals surface area contributed by atoms with Crippen LogP contribution < -0.4 is 10.1 Å². The highest BCUT2D eigenvalue weighted by atomic mass is 19.1. The van der Waals surface area contributed by atoms with E-state index in [1.807, 2.05) is 0 Å². The molecule has 2 rings (SSSR count). The van der Waals surface area contributed by atoms with Crippen molar-refractivity contribution < 1.29 is 28.6 Å². The highest BCUT2D eigenvalue weighted by molar-refractivity contribution is 5.81. The molecule has 1 fully saturated rings. The molecule has 0 aromatic heterocycles. The third-order valence-electron chi connectivity index (χ3n) is 4.40. The zero-order valence-electron chi connectivity index (χ0n) is 14.9. The first-order valence-corrected chi connectivity index (χ1v) is 9.04. The van der Waals surface area contributed by atoms with E-state index in [0.29, 0.717) is 0 Å². The Labute approximate surface area is 152 Å². The van der Waals surface area contributed by atoms with Crippen LogP contribution in [-0.4, -0.2) is 41.8 Å². The molecule has 1 saturated carbocycles. The summed E-state index contributed by atoms with van der Waals surface area (Å²) >= 11 is 0. The molecule has 0 radical (unpaired) electrons. The van der Waals surface area contributed by atoms with Gasteiger partial charge in [0.25, 0.3) is 0 Å². The standard InChI is InChI=1S/C19H26FNO5/c1-13(25-15-6-4-2-3-5-7-15)18(22)21-12-17(19(23)24)26-16-10-8-14(20)9-11-16/h8-11,13,15,17H,2-7,12H2,1H3,(H,21,22)(H,23,24). The van der Waals surface area contributed by atoms with E-state index in [4.69, 9.17) is 9.47 Å². The second kappa shape index (κ2) is 10.1. The Bertz CT molecular complexity index is 584. The number of aliphatic carboxylic acids is 1. The number of halogens is 1. The van der Waals surface area contributed by atoms with E-state index in [-0.39, 0.29) is 24.3 Å². The summed E-state index contributed by atoms with van der Waals surface area (Å²) in [6.07, 6.45) is 4.64. The van der Waals surface area contributed by atoms with Gasteiger partial charge in [-0.25, -0.2) is 9.18 Å². The van der Waals surface area contributed by atoms with Crippen molar-refractivity contribution in [1.29, 1.82) is 0 Å². The fourth-order valence-electron chi connectivity index (χ4n) is 2.92. The number of benzene rings is 1. The van der Waals surface area contributed by atoms with Crippen LogP contribution in [0.2, 0.25) is 0 Å². The van der Waals surface area contributed by atoms with E-state index in [9.17, 15) is 19.1 Å².